The average Bonchev–Trinajstić information content (AvgIpc) is 3.27. The Hall–Kier alpha value is -3.04. The van der Waals surface area contributed by atoms with E-state index in [0.717, 1.165) is 30.8 Å². The summed E-state index contributed by atoms with van der Waals surface area (Å²) in [6.45, 7) is 4.02. The highest BCUT2D eigenvalue weighted by Gasteiger charge is 2.33. The molecule has 0 radical (unpaired) electrons. The van der Waals surface area contributed by atoms with Crippen LogP contribution in [-0.4, -0.2) is 38.6 Å². The highest BCUT2D eigenvalue weighted by molar-refractivity contribution is 6.11. The van der Waals surface area contributed by atoms with Crippen LogP contribution in [0, 0.1) is 27.9 Å². The number of rotatable bonds is 6. The van der Waals surface area contributed by atoms with Gasteiger partial charge >= 0.3 is 5.84 Å². The molecule has 1 aliphatic heterocycles. The fourth-order valence-electron chi connectivity index (χ4n) is 3.22. The van der Waals surface area contributed by atoms with Gasteiger partial charge in [-0.3, -0.25) is 10.8 Å². The van der Waals surface area contributed by atoms with E-state index in [1.165, 1.54) is 23.5 Å². The number of halogens is 2. The normalized spacial score (nSPS) is 13.6. The van der Waals surface area contributed by atoms with Crippen LogP contribution in [0.2, 0.25) is 0 Å². The van der Waals surface area contributed by atoms with Gasteiger partial charge < -0.3 is 9.67 Å². The number of imidazole rings is 1. The number of aryl methyl sites for hydroxylation is 1. The van der Waals surface area contributed by atoms with E-state index in [2.05, 4.69) is 4.98 Å². The number of nitrogens with two attached hydrogens (primary N) is 2. The van der Waals surface area contributed by atoms with Crippen molar-refractivity contribution in [3.8, 4) is 11.3 Å². The maximum atomic E-state index is 14.4. The van der Waals surface area contributed by atoms with Crippen molar-refractivity contribution < 1.29 is 24.6 Å². The molecule has 2 aromatic rings. The summed E-state index contributed by atoms with van der Waals surface area (Å²) in [6, 6.07) is 3.29. The number of aromatic nitrogens is 2. The molecule has 7 N–H and O–H groups in total. The summed E-state index contributed by atoms with van der Waals surface area (Å²) < 4.78 is 29.6. The zero-order chi connectivity index (χ0) is 22.1. The van der Waals surface area contributed by atoms with Crippen LogP contribution in [0.15, 0.2) is 30.4 Å². The molecule has 158 valence electrons. The first-order chi connectivity index (χ1) is 14.1. The number of benzene rings is 1. The van der Waals surface area contributed by atoms with Gasteiger partial charge in [0.25, 0.3) is 0 Å². The van der Waals surface area contributed by atoms with Gasteiger partial charge in [-0.2, -0.15) is 0 Å². The van der Waals surface area contributed by atoms with E-state index in [1.807, 2.05) is 4.57 Å². The lowest BCUT2D eigenvalue weighted by molar-refractivity contribution is -0.461. The molecular weight excluding hydrogens is 390 g/mol. The van der Waals surface area contributed by atoms with Gasteiger partial charge in [-0.25, -0.2) is 24.5 Å². The second-order valence-electron chi connectivity index (χ2n) is 7.95. The van der Waals surface area contributed by atoms with Crippen molar-refractivity contribution in [3.05, 3.63) is 53.5 Å². The lowest BCUT2D eigenvalue weighted by Gasteiger charge is -2.14. The zero-order valence-electron chi connectivity index (χ0n) is 17.0. The van der Waals surface area contributed by atoms with E-state index < -0.39 is 17.0 Å². The Labute approximate surface area is 173 Å². The smallest absolute Gasteiger partial charge is 0.345 e. The lowest BCUT2D eigenvalue weighted by Crippen LogP contribution is -2.99. The maximum Gasteiger partial charge on any atom is 0.345 e. The summed E-state index contributed by atoms with van der Waals surface area (Å²) in [5.41, 5.74) is 0.264. The molecule has 0 bridgehead atoms. The largest absolute Gasteiger partial charge is 0.395 e. The van der Waals surface area contributed by atoms with Crippen molar-refractivity contribution >= 4 is 17.4 Å². The summed E-state index contributed by atoms with van der Waals surface area (Å²) >= 11 is 0. The Balaban J connectivity index is 1.88. The Kier molecular flexibility index (Phi) is 6.04. The van der Waals surface area contributed by atoms with Crippen LogP contribution in [0.25, 0.3) is 11.3 Å². The van der Waals surface area contributed by atoms with Crippen LogP contribution in [0.4, 0.5) is 8.78 Å². The first kappa shape index (κ1) is 21.7. The van der Waals surface area contributed by atoms with Crippen LogP contribution in [-0.2, 0) is 13.0 Å². The molecule has 0 aliphatic carbocycles. The molecule has 0 saturated heterocycles. The van der Waals surface area contributed by atoms with Gasteiger partial charge in [-0.1, -0.05) is 0 Å². The molecular formula is C21H26F2N6O+2. The van der Waals surface area contributed by atoms with E-state index in [9.17, 15) is 13.9 Å². The molecule has 1 aromatic carbocycles. The molecule has 0 unspecified atom stereocenters. The summed E-state index contributed by atoms with van der Waals surface area (Å²) in [4.78, 5) is 4.50. The third kappa shape index (κ3) is 4.27. The van der Waals surface area contributed by atoms with Gasteiger partial charge in [-0.05, 0) is 38.5 Å². The molecule has 3 rings (SSSR count). The monoisotopic (exact) mass is 416 g/mol. The predicted molar refractivity (Wildman–Crippen MR) is 109 cm³/mol. The first-order valence-corrected chi connectivity index (χ1v) is 9.63. The molecule has 0 amide bonds. The molecule has 9 heteroatoms. The van der Waals surface area contributed by atoms with Gasteiger partial charge in [0.05, 0.1) is 18.0 Å². The fourth-order valence-corrected chi connectivity index (χ4v) is 3.22. The zero-order valence-corrected chi connectivity index (χ0v) is 17.0. The third-order valence-corrected chi connectivity index (χ3v) is 5.19. The predicted octanol–water partition coefficient (Wildman–Crippen LogP) is 0.415. The van der Waals surface area contributed by atoms with Crippen LogP contribution in [0.5, 0.6) is 0 Å². The Morgan fingerprint density at radius 2 is 2.07 bits per heavy atom. The van der Waals surface area contributed by atoms with Crippen molar-refractivity contribution in [2.45, 2.75) is 33.2 Å². The van der Waals surface area contributed by atoms with Crippen molar-refractivity contribution in [1.82, 2.24) is 9.55 Å². The van der Waals surface area contributed by atoms with Gasteiger partial charge in [0, 0.05) is 30.7 Å². The van der Waals surface area contributed by atoms with Crippen LogP contribution in [0.3, 0.4) is 0 Å². The van der Waals surface area contributed by atoms with Crippen LogP contribution >= 0.6 is 0 Å². The number of fused-ring (bicyclic) bond motifs is 1. The van der Waals surface area contributed by atoms with E-state index in [1.54, 1.807) is 13.8 Å². The van der Waals surface area contributed by atoms with Crippen LogP contribution in [0.1, 0.15) is 31.8 Å². The number of allylic oxidation sites excluding steroid dienone is 1. The molecule has 0 saturated carbocycles. The van der Waals surface area contributed by atoms with Crippen molar-refractivity contribution in [3.63, 3.8) is 0 Å². The molecule has 30 heavy (non-hydrogen) atoms. The minimum atomic E-state index is -0.737. The number of amidine groups is 2. The van der Waals surface area contributed by atoms with E-state index in [0.29, 0.717) is 23.8 Å². The highest BCUT2D eigenvalue weighted by Crippen LogP contribution is 2.30. The van der Waals surface area contributed by atoms with E-state index >= 15 is 0 Å². The number of nitrogens with one attached hydrogen (secondary N) is 2. The summed E-state index contributed by atoms with van der Waals surface area (Å²) in [6.07, 6.45) is 4.45. The molecule has 0 spiro atoms. The van der Waals surface area contributed by atoms with Gasteiger partial charge in [0.15, 0.2) is 0 Å². The minimum absolute atomic E-state index is 0.0625. The maximum absolute atomic E-state index is 14.4. The fraction of sp³-hybridized carbons (Fsp3) is 0.333. The number of aliphatic hydroxyl groups excluding tert-OH is 1. The van der Waals surface area contributed by atoms with Crippen LogP contribution < -0.4 is 10.7 Å². The Bertz CT molecular complexity index is 1050. The van der Waals surface area contributed by atoms with E-state index in [-0.39, 0.29) is 23.7 Å². The Morgan fingerprint density at radius 3 is 2.73 bits per heavy atom. The molecule has 0 atom stereocenters. The summed E-state index contributed by atoms with van der Waals surface area (Å²) in [5.74, 6) is -0.242. The quantitative estimate of drug-likeness (QED) is 0.345. The standard InChI is InChI=1S/C21H24F2N6O/c1-21(2,11-30)20(26)27-16(25)8-7-15(24)19-18(28-17-4-3-9-29(17)19)13-6-5-12(22)10-14(13)23/h5-8,10,24,30H,3-4,9,11H2,1-2H3,(H3,25,26,27)/p+2/b8-7-,24-15?. The SMILES string of the molecule is CC(C)(CO)C(=[NH2+])[NH2+]C(=N)/C=C\C(=N)c1c(-c2ccc(F)cc2F)nc2n1CCC2. The minimum Gasteiger partial charge on any atom is -0.395 e. The molecule has 1 aromatic heterocycles. The van der Waals surface area contributed by atoms with Gasteiger partial charge in [0.1, 0.15) is 28.6 Å². The summed E-state index contributed by atoms with van der Waals surface area (Å²) in [5, 5.41) is 33.4. The highest BCUT2D eigenvalue weighted by atomic mass is 19.1. The Morgan fingerprint density at radius 1 is 1.33 bits per heavy atom. The topological polar surface area (TPSA) is 128 Å². The number of hydrogen-bond donors (Lipinski definition) is 5. The second kappa shape index (κ2) is 8.37. The van der Waals surface area contributed by atoms with Gasteiger partial charge in [-0.15, -0.1) is 0 Å². The molecule has 0 fully saturated rings. The molecule has 1 aliphatic rings. The molecule has 7 nitrogen and oxygen atoms in total. The van der Waals surface area contributed by atoms with Crippen molar-refractivity contribution in [2.75, 3.05) is 6.61 Å². The van der Waals surface area contributed by atoms with Crippen molar-refractivity contribution in [2.24, 2.45) is 5.41 Å². The number of nitrogens with zero attached hydrogens (tertiary/aromatic N) is 2. The summed E-state index contributed by atoms with van der Waals surface area (Å²) in [7, 11) is 0. The second-order valence-corrected chi connectivity index (χ2v) is 7.95. The van der Waals surface area contributed by atoms with E-state index in [4.69, 9.17) is 16.2 Å². The molecule has 2 heterocycles. The lowest BCUT2D eigenvalue weighted by atomic mass is 9.93. The van der Waals surface area contributed by atoms with Gasteiger partial charge in [0.2, 0.25) is 5.84 Å². The number of aliphatic hydroxyl groups is 1. The first-order valence-electron chi connectivity index (χ1n) is 9.63. The number of quaternary nitrogens is 1. The third-order valence-electron chi connectivity index (χ3n) is 5.19. The number of hydrogen-bond acceptors (Lipinski definition) is 4. The van der Waals surface area contributed by atoms with Crippen molar-refractivity contribution in [1.29, 1.82) is 10.8 Å². The average molecular weight is 416 g/mol.